The van der Waals surface area contributed by atoms with Gasteiger partial charge >= 0.3 is 6.18 Å². The van der Waals surface area contributed by atoms with E-state index in [1.54, 1.807) is 13.0 Å². The molecule has 1 heterocycles. The van der Waals surface area contributed by atoms with Crippen LogP contribution in [-0.2, 0) is 6.18 Å². The zero-order valence-corrected chi connectivity index (χ0v) is 12.5. The predicted molar refractivity (Wildman–Crippen MR) is 80.3 cm³/mol. The highest BCUT2D eigenvalue weighted by Crippen LogP contribution is 2.35. The van der Waals surface area contributed by atoms with E-state index in [4.69, 9.17) is 0 Å². The summed E-state index contributed by atoms with van der Waals surface area (Å²) in [5, 5.41) is 5.75. The Hall–Kier alpha value is -2.31. The SMILES string of the molecule is Cc1cc(NC(C)C)nc(Nc2ccccc2C(F)(F)F)n1. The summed E-state index contributed by atoms with van der Waals surface area (Å²) in [5.41, 5.74) is -0.167. The van der Waals surface area contributed by atoms with Gasteiger partial charge in [0.25, 0.3) is 0 Å². The van der Waals surface area contributed by atoms with Crippen LogP contribution in [0.5, 0.6) is 0 Å². The molecule has 1 aromatic carbocycles. The fourth-order valence-corrected chi connectivity index (χ4v) is 1.95. The molecule has 118 valence electrons. The lowest BCUT2D eigenvalue weighted by Gasteiger charge is -2.15. The molecule has 2 aromatic rings. The van der Waals surface area contributed by atoms with E-state index >= 15 is 0 Å². The molecule has 0 unspecified atom stereocenters. The van der Waals surface area contributed by atoms with Crippen molar-refractivity contribution in [3.8, 4) is 0 Å². The molecule has 7 heteroatoms. The fourth-order valence-electron chi connectivity index (χ4n) is 1.95. The summed E-state index contributed by atoms with van der Waals surface area (Å²) in [6.45, 7) is 5.65. The molecule has 0 amide bonds. The van der Waals surface area contributed by atoms with Gasteiger partial charge in [-0.1, -0.05) is 12.1 Å². The lowest BCUT2D eigenvalue weighted by Crippen LogP contribution is -2.13. The van der Waals surface area contributed by atoms with E-state index in [1.165, 1.54) is 18.2 Å². The topological polar surface area (TPSA) is 49.8 Å². The molecule has 0 aliphatic rings. The second kappa shape index (κ2) is 6.21. The average Bonchev–Trinajstić information content (AvgIpc) is 2.36. The number of rotatable bonds is 4. The van der Waals surface area contributed by atoms with Crippen LogP contribution >= 0.6 is 0 Å². The van der Waals surface area contributed by atoms with Gasteiger partial charge in [0.2, 0.25) is 5.95 Å². The molecular formula is C15H17F3N4. The molecule has 1 aromatic heterocycles. The lowest BCUT2D eigenvalue weighted by molar-refractivity contribution is -0.136. The molecule has 0 radical (unpaired) electrons. The summed E-state index contributed by atoms with van der Waals surface area (Å²) in [5.74, 6) is 0.689. The molecule has 0 spiro atoms. The van der Waals surface area contributed by atoms with Crippen LogP contribution in [0.15, 0.2) is 30.3 Å². The van der Waals surface area contributed by atoms with E-state index in [2.05, 4.69) is 20.6 Å². The summed E-state index contributed by atoms with van der Waals surface area (Å²) in [7, 11) is 0. The van der Waals surface area contributed by atoms with Crippen molar-refractivity contribution >= 4 is 17.5 Å². The molecule has 0 bridgehead atoms. The molecule has 4 nitrogen and oxygen atoms in total. The van der Waals surface area contributed by atoms with Crippen molar-refractivity contribution in [2.45, 2.75) is 33.0 Å². The first-order valence-electron chi connectivity index (χ1n) is 6.81. The number of nitrogens with zero attached hydrogens (tertiary/aromatic N) is 2. The third kappa shape index (κ3) is 4.09. The Bertz CT molecular complexity index is 653. The summed E-state index contributed by atoms with van der Waals surface area (Å²) in [6.07, 6.45) is -4.44. The molecule has 2 rings (SSSR count). The zero-order valence-electron chi connectivity index (χ0n) is 12.5. The van der Waals surface area contributed by atoms with Gasteiger partial charge in [0.15, 0.2) is 0 Å². The molecule has 0 atom stereocenters. The second-order valence-corrected chi connectivity index (χ2v) is 5.19. The fraction of sp³-hybridized carbons (Fsp3) is 0.333. The van der Waals surface area contributed by atoms with Crippen LogP contribution < -0.4 is 10.6 Å². The Morgan fingerprint density at radius 3 is 2.41 bits per heavy atom. The third-order valence-electron chi connectivity index (χ3n) is 2.77. The maximum Gasteiger partial charge on any atom is 0.418 e. The van der Waals surface area contributed by atoms with Crippen molar-refractivity contribution in [3.05, 3.63) is 41.6 Å². The maximum absolute atomic E-state index is 13.0. The largest absolute Gasteiger partial charge is 0.418 e. The summed E-state index contributed by atoms with van der Waals surface area (Å²) in [4.78, 5) is 8.32. The smallest absolute Gasteiger partial charge is 0.368 e. The highest BCUT2D eigenvalue weighted by Gasteiger charge is 2.33. The first-order chi connectivity index (χ1) is 10.3. The minimum atomic E-state index is -4.44. The number of hydrogen-bond acceptors (Lipinski definition) is 4. The number of benzene rings is 1. The van der Waals surface area contributed by atoms with E-state index in [0.717, 1.165) is 6.07 Å². The number of aromatic nitrogens is 2. The minimum Gasteiger partial charge on any atom is -0.368 e. The molecule has 0 fully saturated rings. The van der Waals surface area contributed by atoms with Crippen LogP contribution in [-0.4, -0.2) is 16.0 Å². The van der Waals surface area contributed by atoms with Crippen LogP contribution in [0.2, 0.25) is 0 Å². The van der Waals surface area contributed by atoms with Crippen LogP contribution in [0.25, 0.3) is 0 Å². The van der Waals surface area contributed by atoms with Crippen molar-refractivity contribution in [2.75, 3.05) is 10.6 Å². The normalized spacial score (nSPS) is 11.6. The highest BCUT2D eigenvalue weighted by molar-refractivity contribution is 5.60. The molecule has 0 saturated heterocycles. The quantitative estimate of drug-likeness (QED) is 0.880. The van der Waals surface area contributed by atoms with Gasteiger partial charge in [0.05, 0.1) is 11.3 Å². The van der Waals surface area contributed by atoms with Gasteiger partial charge in [0, 0.05) is 17.8 Å². The van der Waals surface area contributed by atoms with E-state index in [1.807, 2.05) is 13.8 Å². The predicted octanol–water partition coefficient (Wildman–Crippen LogP) is 4.37. The van der Waals surface area contributed by atoms with Gasteiger partial charge in [-0.25, -0.2) is 4.98 Å². The number of nitrogens with one attached hydrogen (secondary N) is 2. The van der Waals surface area contributed by atoms with Gasteiger partial charge in [-0.15, -0.1) is 0 Å². The average molecular weight is 310 g/mol. The number of para-hydroxylation sites is 1. The van der Waals surface area contributed by atoms with Crippen molar-refractivity contribution in [2.24, 2.45) is 0 Å². The second-order valence-electron chi connectivity index (χ2n) is 5.19. The van der Waals surface area contributed by atoms with Gasteiger partial charge < -0.3 is 10.6 Å². The zero-order chi connectivity index (χ0) is 16.3. The summed E-state index contributed by atoms with van der Waals surface area (Å²) >= 11 is 0. The van der Waals surface area contributed by atoms with E-state index < -0.39 is 11.7 Å². The Balaban J connectivity index is 2.34. The van der Waals surface area contributed by atoms with Gasteiger partial charge in [-0.3, -0.25) is 0 Å². The van der Waals surface area contributed by atoms with Crippen molar-refractivity contribution in [1.29, 1.82) is 0 Å². The maximum atomic E-state index is 13.0. The highest BCUT2D eigenvalue weighted by atomic mass is 19.4. The Morgan fingerprint density at radius 2 is 1.77 bits per heavy atom. The van der Waals surface area contributed by atoms with E-state index in [9.17, 15) is 13.2 Å². The number of alkyl halides is 3. The number of hydrogen-bond donors (Lipinski definition) is 2. The van der Waals surface area contributed by atoms with Crippen LogP contribution in [0.4, 0.5) is 30.6 Å². The standard InChI is InChI=1S/C15H17F3N4/c1-9(2)19-13-8-10(3)20-14(22-13)21-12-7-5-4-6-11(12)15(16,17)18/h4-9H,1-3H3,(H2,19,20,21,22). The van der Waals surface area contributed by atoms with Crippen LogP contribution in [0.3, 0.4) is 0 Å². The van der Waals surface area contributed by atoms with Gasteiger partial charge in [0.1, 0.15) is 5.82 Å². The lowest BCUT2D eigenvalue weighted by atomic mass is 10.1. The number of anilines is 3. The summed E-state index contributed by atoms with van der Waals surface area (Å²) < 4.78 is 39.0. The molecule has 2 N–H and O–H groups in total. The van der Waals surface area contributed by atoms with Crippen LogP contribution in [0, 0.1) is 6.92 Å². The Morgan fingerprint density at radius 1 is 1.09 bits per heavy atom. The number of aryl methyl sites for hydroxylation is 1. The third-order valence-corrected chi connectivity index (χ3v) is 2.77. The van der Waals surface area contributed by atoms with Crippen molar-refractivity contribution < 1.29 is 13.2 Å². The minimum absolute atomic E-state index is 0.0731. The van der Waals surface area contributed by atoms with Crippen molar-refractivity contribution in [3.63, 3.8) is 0 Å². The van der Waals surface area contributed by atoms with Crippen molar-refractivity contribution in [1.82, 2.24) is 9.97 Å². The summed E-state index contributed by atoms with van der Waals surface area (Å²) in [6, 6.07) is 7.14. The molecule has 0 aliphatic carbocycles. The molecule has 0 saturated carbocycles. The van der Waals surface area contributed by atoms with E-state index in [-0.39, 0.29) is 17.7 Å². The molecule has 0 aliphatic heterocycles. The van der Waals surface area contributed by atoms with Gasteiger partial charge in [-0.05, 0) is 32.9 Å². The van der Waals surface area contributed by atoms with Crippen LogP contribution in [0.1, 0.15) is 25.1 Å². The number of halogens is 3. The van der Waals surface area contributed by atoms with Gasteiger partial charge in [-0.2, -0.15) is 18.2 Å². The Kier molecular flexibility index (Phi) is 4.54. The first-order valence-corrected chi connectivity index (χ1v) is 6.81. The Labute approximate surface area is 126 Å². The monoisotopic (exact) mass is 310 g/mol. The molecule has 22 heavy (non-hydrogen) atoms. The van der Waals surface area contributed by atoms with E-state index in [0.29, 0.717) is 11.5 Å². The molecular weight excluding hydrogens is 293 g/mol. The first kappa shape index (κ1) is 16.1.